The van der Waals surface area contributed by atoms with E-state index in [1.165, 1.54) is 0 Å². The second-order valence-corrected chi connectivity index (χ2v) is 9.25. The topological polar surface area (TPSA) is 87.7 Å². The number of nitrogens with one attached hydrogen (secondary N) is 2. The fourth-order valence-electron chi connectivity index (χ4n) is 3.41. The molecule has 0 radical (unpaired) electrons. The van der Waals surface area contributed by atoms with Crippen LogP contribution in [0.3, 0.4) is 0 Å². The highest BCUT2D eigenvalue weighted by Gasteiger charge is 2.35. The number of aryl methyl sites for hydroxylation is 1. The molecule has 1 aliphatic heterocycles. The van der Waals surface area contributed by atoms with Crippen LogP contribution >= 0.6 is 15.9 Å². The summed E-state index contributed by atoms with van der Waals surface area (Å²) in [4.78, 5) is 38.5. The first kappa shape index (κ1) is 23.8. The maximum atomic E-state index is 12.4. The second kappa shape index (κ2) is 10.6. The Morgan fingerprint density at radius 2 is 1.91 bits per heavy atom. The minimum atomic E-state index is -0.345. The number of benzene rings is 2. The van der Waals surface area contributed by atoms with Crippen LogP contribution in [0.2, 0.25) is 0 Å². The molecule has 0 spiro atoms. The molecular weight excluding hydrogens is 474 g/mol. The molecule has 1 atom stereocenters. The number of hydrogen-bond donors (Lipinski definition) is 2. The van der Waals surface area contributed by atoms with Gasteiger partial charge in [0.1, 0.15) is 5.75 Å². The molecule has 2 aromatic rings. The highest BCUT2D eigenvalue weighted by atomic mass is 79.9. The quantitative estimate of drug-likeness (QED) is 0.574. The van der Waals surface area contributed by atoms with Crippen molar-refractivity contribution in [2.75, 3.05) is 29.9 Å². The van der Waals surface area contributed by atoms with Crippen molar-refractivity contribution in [3.63, 3.8) is 0 Å². The second-order valence-electron chi connectivity index (χ2n) is 8.33. The van der Waals surface area contributed by atoms with Crippen molar-refractivity contribution >= 4 is 45.0 Å². The van der Waals surface area contributed by atoms with Crippen LogP contribution < -0.4 is 20.3 Å². The van der Waals surface area contributed by atoms with E-state index in [9.17, 15) is 14.4 Å². The molecule has 32 heavy (non-hydrogen) atoms. The summed E-state index contributed by atoms with van der Waals surface area (Å²) >= 11 is 3.40. The molecule has 2 N–H and O–H groups in total. The number of hydrogen-bond acceptors (Lipinski definition) is 4. The molecule has 3 amide bonds. The molecule has 0 aromatic heterocycles. The van der Waals surface area contributed by atoms with Gasteiger partial charge in [-0.2, -0.15) is 0 Å². The Morgan fingerprint density at radius 1 is 1.19 bits per heavy atom. The molecule has 0 unspecified atom stereocenters. The van der Waals surface area contributed by atoms with E-state index in [1.807, 2.05) is 39.0 Å². The summed E-state index contributed by atoms with van der Waals surface area (Å²) in [6.07, 6.45) is 0.206. The van der Waals surface area contributed by atoms with Gasteiger partial charge in [0.25, 0.3) is 5.91 Å². The van der Waals surface area contributed by atoms with Crippen molar-refractivity contribution in [2.45, 2.75) is 27.2 Å². The van der Waals surface area contributed by atoms with Crippen molar-refractivity contribution in [3.05, 3.63) is 52.5 Å². The van der Waals surface area contributed by atoms with Crippen LogP contribution in [-0.2, 0) is 14.4 Å². The Balaban J connectivity index is 1.52. The lowest BCUT2D eigenvalue weighted by Crippen LogP contribution is -2.35. The molecule has 1 heterocycles. The average Bonchev–Trinajstić information content (AvgIpc) is 3.14. The van der Waals surface area contributed by atoms with E-state index in [4.69, 9.17) is 4.74 Å². The molecule has 1 aliphatic rings. The van der Waals surface area contributed by atoms with E-state index in [0.717, 1.165) is 15.7 Å². The zero-order chi connectivity index (χ0) is 23.3. The number of rotatable bonds is 8. The Bertz CT molecular complexity index is 991. The van der Waals surface area contributed by atoms with E-state index < -0.39 is 0 Å². The lowest BCUT2D eigenvalue weighted by atomic mass is 10.1. The molecule has 8 heteroatoms. The van der Waals surface area contributed by atoms with Gasteiger partial charge in [-0.1, -0.05) is 29.8 Å². The summed E-state index contributed by atoms with van der Waals surface area (Å²) in [6.45, 7) is 6.80. The van der Waals surface area contributed by atoms with Crippen LogP contribution in [0.25, 0.3) is 0 Å². The summed E-state index contributed by atoms with van der Waals surface area (Å²) in [7, 11) is 0. The Kier molecular flexibility index (Phi) is 7.90. The van der Waals surface area contributed by atoms with Gasteiger partial charge in [0.05, 0.1) is 5.92 Å². The van der Waals surface area contributed by atoms with E-state index in [-0.39, 0.29) is 36.7 Å². The number of anilines is 2. The van der Waals surface area contributed by atoms with Crippen LogP contribution in [0, 0.1) is 18.8 Å². The molecule has 7 nitrogen and oxygen atoms in total. The highest BCUT2D eigenvalue weighted by molar-refractivity contribution is 9.10. The van der Waals surface area contributed by atoms with Crippen LogP contribution in [0.1, 0.15) is 25.8 Å². The van der Waals surface area contributed by atoms with Gasteiger partial charge in [0, 0.05) is 35.4 Å². The summed E-state index contributed by atoms with van der Waals surface area (Å²) in [5, 5.41) is 5.73. The minimum Gasteiger partial charge on any atom is -0.484 e. The lowest BCUT2D eigenvalue weighted by Gasteiger charge is -2.17. The van der Waals surface area contributed by atoms with Crippen molar-refractivity contribution in [3.8, 4) is 5.75 Å². The number of nitrogens with zero attached hydrogens (tertiary/aromatic N) is 1. The number of carbonyl (C=O) groups excluding carboxylic acids is 3. The molecule has 0 bridgehead atoms. The van der Waals surface area contributed by atoms with Gasteiger partial charge in [-0.3, -0.25) is 14.4 Å². The van der Waals surface area contributed by atoms with Gasteiger partial charge >= 0.3 is 0 Å². The van der Waals surface area contributed by atoms with E-state index in [2.05, 4.69) is 26.6 Å². The van der Waals surface area contributed by atoms with Crippen molar-refractivity contribution in [1.82, 2.24) is 5.32 Å². The summed E-state index contributed by atoms with van der Waals surface area (Å²) < 4.78 is 6.52. The number of halogens is 1. The minimum absolute atomic E-state index is 0.0763. The third kappa shape index (κ3) is 6.32. The van der Waals surface area contributed by atoms with Crippen molar-refractivity contribution in [2.24, 2.45) is 11.8 Å². The maximum Gasteiger partial charge on any atom is 0.262 e. The number of carbonyl (C=O) groups is 3. The van der Waals surface area contributed by atoms with Crippen molar-refractivity contribution in [1.29, 1.82) is 0 Å². The molecule has 1 saturated heterocycles. The van der Waals surface area contributed by atoms with Crippen LogP contribution in [-0.4, -0.2) is 37.4 Å². The average molecular weight is 502 g/mol. The van der Waals surface area contributed by atoms with E-state index >= 15 is 0 Å². The predicted molar refractivity (Wildman–Crippen MR) is 128 cm³/mol. The molecule has 1 fully saturated rings. The monoisotopic (exact) mass is 501 g/mol. The standard InChI is InChI=1S/C24H28BrN3O4/c1-15(2)12-26-24(31)17-11-23(30)28(13-17)19-5-7-20(8-6-19)32-14-22(29)27-21-9-4-18(25)10-16(21)3/h4-10,15,17H,11-14H2,1-3H3,(H,26,31)(H,27,29)/t17-/m0/s1. The Labute approximate surface area is 196 Å². The number of ether oxygens (including phenoxy) is 1. The first-order valence-corrected chi connectivity index (χ1v) is 11.4. The van der Waals surface area contributed by atoms with Crippen molar-refractivity contribution < 1.29 is 19.1 Å². The predicted octanol–water partition coefficient (Wildman–Crippen LogP) is 3.90. The van der Waals surface area contributed by atoms with E-state index in [1.54, 1.807) is 29.2 Å². The van der Waals surface area contributed by atoms with Gasteiger partial charge in [0.2, 0.25) is 11.8 Å². The highest BCUT2D eigenvalue weighted by Crippen LogP contribution is 2.27. The Morgan fingerprint density at radius 3 is 2.56 bits per heavy atom. The molecule has 0 aliphatic carbocycles. The third-order valence-electron chi connectivity index (χ3n) is 5.16. The molecule has 3 rings (SSSR count). The van der Waals surface area contributed by atoms with Gasteiger partial charge in [-0.05, 0) is 60.9 Å². The molecular formula is C24H28BrN3O4. The lowest BCUT2D eigenvalue weighted by molar-refractivity contribution is -0.126. The van der Waals surface area contributed by atoms with Crippen LogP contribution in [0.5, 0.6) is 5.75 Å². The van der Waals surface area contributed by atoms with Gasteiger partial charge in [-0.25, -0.2) is 0 Å². The van der Waals surface area contributed by atoms with Crippen LogP contribution in [0.4, 0.5) is 11.4 Å². The SMILES string of the molecule is Cc1cc(Br)ccc1NC(=O)COc1ccc(N2C[C@@H](C(=O)NCC(C)C)CC2=O)cc1. The molecule has 0 saturated carbocycles. The van der Waals surface area contributed by atoms with Crippen LogP contribution in [0.15, 0.2) is 46.9 Å². The first-order valence-electron chi connectivity index (χ1n) is 10.6. The normalized spacial score (nSPS) is 15.7. The van der Waals surface area contributed by atoms with Gasteiger partial charge < -0.3 is 20.3 Å². The van der Waals surface area contributed by atoms with Gasteiger partial charge in [0.15, 0.2) is 6.61 Å². The zero-order valence-corrected chi connectivity index (χ0v) is 20.1. The zero-order valence-electron chi connectivity index (χ0n) is 18.5. The summed E-state index contributed by atoms with van der Waals surface area (Å²) in [5.74, 6) is 0.122. The first-order chi connectivity index (χ1) is 15.2. The fourth-order valence-corrected chi connectivity index (χ4v) is 3.88. The van der Waals surface area contributed by atoms with Gasteiger partial charge in [-0.15, -0.1) is 0 Å². The maximum absolute atomic E-state index is 12.4. The third-order valence-corrected chi connectivity index (χ3v) is 5.65. The molecule has 170 valence electrons. The smallest absolute Gasteiger partial charge is 0.262 e. The fraction of sp³-hybridized carbons (Fsp3) is 0.375. The summed E-state index contributed by atoms with van der Waals surface area (Å²) in [6, 6.07) is 12.6. The molecule has 2 aromatic carbocycles. The Hall–Kier alpha value is -2.87. The summed E-state index contributed by atoms with van der Waals surface area (Å²) in [5.41, 5.74) is 2.39. The van der Waals surface area contributed by atoms with E-state index in [0.29, 0.717) is 30.4 Å². The largest absolute Gasteiger partial charge is 0.484 e. The number of amides is 3.